The van der Waals surface area contributed by atoms with E-state index < -0.39 is 15.2 Å². The summed E-state index contributed by atoms with van der Waals surface area (Å²) in [5.41, 5.74) is 0. The van der Waals surface area contributed by atoms with Crippen molar-refractivity contribution in [1.82, 2.24) is 9.62 Å². The van der Waals surface area contributed by atoms with Gasteiger partial charge in [0.1, 0.15) is 5.21 Å². The van der Waals surface area contributed by atoms with E-state index in [0.717, 1.165) is 0 Å². The third-order valence-electron chi connectivity index (χ3n) is 2.30. The van der Waals surface area contributed by atoms with E-state index in [2.05, 4.69) is 5.32 Å². The lowest BCUT2D eigenvalue weighted by atomic mass is 10.1. The quantitative estimate of drug-likeness (QED) is 0.682. The molecular formula is C7H13ClN2O3S. The predicted molar refractivity (Wildman–Crippen MR) is 53.4 cm³/mol. The highest BCUT2D eigenvalue weighted by molar-refractivity contribution is 7.90. The van der Waals surface area contributed by atoms with Crippen LogP contribution >= 0.6 is 11.6 Å². The fourth-order valence-corrected chi connectivity index (χ4v) is 2.81. The molecule has 1 heterocycles. The zero-order valence-electron chi connectivity index (χ0n) is 7.86. The Kier molecular flexibility index (Phi) is 3.74. The molecule has 1 fully saturated rings. The zero-order valence-corrected chi connectivity index (χ0v) is 9.44. The number of sulfonamides is 1. The van der Waals surface area contributed by atoms with Gasteiger partial charge in [-0.2, -0.15) is 0 Å². The monoisotopic (exact) mass is 240 g/mol. The van der Waals surface area contributed by atoms with Crippen molar-refractivity contribution in [3.63, 3.8) is 0 Å². The lowest BCUT2D eigenvalue weighted by Gasteiger charge is -2.13. The van der Waals surface area contributed by atoms with Gasteiger partial charge in [0.15, 0.2) is 0 Å². The largest absolute Gasteiger partial charge is 0.359 e. The van der Waals surface area contributed by atoms with Crippen molar-refractivity contribution < 1.29 is 13.2 Å². The molecule has 1 saturated heterocycles. The van der Waals surface area contributed by atoms with Crippen molar-refractivity contribution in [1.29, 1.82) is 0 Å². The molecule has 1 aliphatic rings. The predicted octanol–water partition coefficient (Wildman–Crippen LogP) is -0.420. The maximum atomic E-state index is 11.3. The second-order valence-corrected chi connectivity index (χ2v) is 5.73. The van der Waals surface area contributed by atoms with Crippen LogP contribution in [-0.4, -0.2) is 44.0 Å². The normalized spacial score (nSPS) is 23.7. The smallest absolute Gasteiger partial charge is 0.228 e. The molecule has 7 heteroatoms. The SMILES string of the molecule is CNC(=O)C1CCN(S(=O)(=O)CCl)C1. The van der Waals surface area contributed by atoms with Crippen molar-refractivity contribution in [2.75, 3.05) is 25.3 Å². The Morgan fingerprint density at radius 1 is 1.64 bits per heavy atom. The number of amides is 1. The molecule has 0 bridgehead atoms. The maximum Gasteiger partial charge on any atom is 0.228 e. The standard InChI is InChI=1S/C7H13ClN2O3S/c1-9-7(11)6-2-3-10(4-6)14(12,13)5-8/h6H,2-5H2,1H3,(H,9,11). The molecule has 1 N–H and O–H groups in total. The van der Waals surface area contributed by atoms with Crippen LogP contribution in [0.25, 0.3) is 0 Å². The molecule has 14 heavy (non-hydrogen) atoms. The topological polar surface area (TPSA) is 66.5 Å². The Hall–Kier alpha value is -0.330. The minimum absolute atomic E-state index is 0.114. The van der Waals surface area contributed by atoms with Crippen molar-refractivity contribution in [3.8, 4) is 0 Å². The van der Waals surface area contributed by atoms with Gasteiger partial charge in [-0.15, -0.1) is 11.6 Å². The summed E-state index contributed by atoms with van der Waals surface area (Å²) in [5.74, 6) is -0.352. The highest BCUT2D eigenvalue weighted by atomic mass is 35.5. The van der Waals surface area contributed by atoms with Gasteiger partial charge < -0.3 is 5.32 Å². The van der Waals surface area contributed by atoms with Crippen molar-refractivity contribution in [3.05, 3.63) is 0 Å². The average Bonchev–Trinajstić information content (AvgIpc) is 2.66. The Balaban J connectivity index is 2.62. The van der Waals surface area contributed by atoms with Crippen LogP contribution < -0.4 is 5.32 Å². The number of halogens is 1. The Morgan fingerprint density at radius 3 is 2.79 bits per heavy atom. The summed E-state index contributed by atoms with van der Waals surface area (Å²) >= 11 is 5.30. The molecule has 1 atom stereocenters. The van der Waals surface area contributed by atoms with Crippen LogP contribution in [0.5, 0.6) is 0 Å². The highest BCUT2D eigenvalue weighted by Crippen LogP contribution is 2.20. The summed E-state index contributed by atoms with van der Waals surface area (Å²) in [7, 11) is -1.81. The van der Waals surface area contributed by atoms with Gasteiger partial charge in [0.2, 0.25) is 15.9 Å². The number of alkyl halides is 1. The van der Waals surface area contributed by atoms with E-state index >= 15 is 0 Å². The fraction of sp³-hybridized carbons (Fsp3) is 0.857. The second-order valence-electron chi connectivity index (χ2n) is 3.18. The maximum absolute atomic E-state index is 11.3. The summed E-state index contributed by atoms with van der Waals surface area (Å²) in [6, 6.07) is 0. The van der Waals surface area contributed by atoms with Crippen LogP contribution in [0.1, 0.15) is 6.42 Å². The van der Waals surface area contributed by atoms with E-state index in [0.29, 0.717) is 13.0 Å². The molecule has 1 amide bonds. The first kappa shape index (κ1) is 11.7. The first-order chi connectivity index (χ1) is 6.51. The number of hydrogen-bond acceptors (Lipinski definition) is 3. The third kappa shape index (κ3) is 2.37. The number of carbonyl (C=O) groups excluding carboxylic acids is 1. The van der Waals surface area contributed by atoms with Crippen LogP contribution in [0.3, 0.4) is 0 Å². The molecule has 0 radical (unpaired) electrons. The molecule has 0 aliphatic carbocycles. The van der Waals surface area contributed by atoms with E-state index in [-0.39, 0.29) is 18.4 Å². The molecule has 0 spiro atoms. The molecule has 0 saturated carbocycles. The second kappa shape index (κ2) is 4.46. The number of nitrogens with zero attached hydrogens (tertiary/aromatic N) is 1. The summed E-state index contributed by atoms with van der Waals surface area (Å²) in [6.45, 7) is 0.627. The molecule has 0 aromatic carbocycles. The van der Waals surface area contributed by atoms with Crippen molar-refractivity contribution in [2.45, 2.75) is 6.42 Å². The molecular weight excluding hydrogens is 228 g/mol. The van der Waals surface area contributed by atoms with Crippen LogP contribution in [-0.2, 0) is 14.8 Å². The van der Waals surface area contributed by atoms with E-state index in [9.17, 15) is 13.2 Å². The third-order valence-corrected chi connectivity index (χ3v) is 4.52. The minimum Gasteiger partial charge on any atom is -0.359 e. The van der Waals surface area contributed by atoms with E-state index in [1.54, 1.807) is 7.05 Å². The molecule has 1 unspecified atom stereocenters. The van der Waals surface area contributed by atoms with E-state index in [4.69, 9.17) is 11.6 Å². The van der Waals surface area contributed by atoms with Gasteiger partial charge in [-0.05, 0) is 6.42 Å². The van der Waals surface area contributed by atoms with Crippen LogP contribution in [0.4, 0.5) is 0 Å². The fourth-order valence-electron chi connectivity index (χ4n) is 1.47. The summed E-state index contributed by atoms with van der Waals surface area (Å²) < 4.78 is 23.9. The van der Waals surface area contributed by atoms with Crippen LogP contribution in [0, 0.1) is 5.92 Å². The Bertz CT molecular complexity index is 317. The summed E-state index contributed by atoms with van der Waals surface area (Å²) in [5, 5.41) is 2.08. The number of hydrogen-bond donors (Lipinski definition) is 1. The van der Waals surface area contributed by atoms with Crippen LogP contribution in [0.2, 0.25) is 0 Å². The first-order valence-electron chi connectivity index (χ1n) is 4.26. The summed E-state index contributed by atoms with van der Waals surface area (Å²) in [6.07, 6.45) is 0.565. The van der Waals surface area contributed by atoms with E-state index in [1.165, 1.54) is 4.31 Å². The zero-order chi connectivity index (χ0) is 10.8. The van der Waals surface area contributed by atoms with Gasteiger partial charge >= 0.3 is 0 Å². The van der Waals surface area contributed by atoms with E-state index in [1.807, 2.05) is 0 Å². The Morgan fingerprint density at radius 2 is 2.29 bits per heavy atom. The van der Waals surface area contributed by atoms with Gasteiger partial charge in [-0.3, -0.25) is 4.79 Å². The molecule has 82 valence electrons. The molecule has 0 aromatic rings. The van der Waals surface area contributed by atoms with Crippen molar-refractivity contribution >= 4 is 27.5 Å². The Labute approximate surface area is 88.5 Å². The lowest BCUT2D eigenvalue weighted by molar-refractivity contribution is -0.123. The van der Waals surface area contributed by atoms with Gasteiger partial charge in [-0.25, -0.2) is 12.7 Å². The number of rotatable bonds is 3. The van der Waals surface area contributed by atoms with Gasteiger partial charge in [0.25, 0.3) is 0 Å². The van der Waals surface area contributed by atoms with Gasteiger partial charge in [-0.1, -0.05) is 0 Å². The number of carbonyl (C=O) groups is 1. The summed E-state index contributed by atoms with van der Waals surface area (Å²) in [4.78, 5) is 11.2. The molecule has 0 aromatic heterocycles. The van der Waals surface area contributed by atoms with Gasteiger partial charge in [0, 0.05) is 20.1 Å². The highest BCUT2D eigenvalue weighted by Gasteiger charge is 2.33. The molecule has 1 rings (SSSR count). The van der Waals surface area contributed by atoms with Crippen LogP contribution in [0.15, 0.2) is 0 Å². The molecule has 1 aliphatic heterocycles. The minimum atomic E-state index is -3.35. The average molecular weight is 241 g/mol. The number of nitrogens with one attached hydrogen (secondary N) is 1. The lowest BCUT2D eigenvalue weighted by Crippen LogP contribution is -2.33. The molecule has 5 nitrogen and oxygen atoms in total. The first-order valence-corrected chi connectivity index (χ1v) is 6.41. The van der Waals surface area contributed by atoms with Crippen molar-refractivity contribution in [2.24, 2.45) is 5.92 Å². The van der Waals surface area contributed by atoms with Gasteiger partial charge in [0.05, 0.1) is 5.92 Å².